The molecule has 0 saturated carbocycles. The largest absolute Gasteiger partial charge is 1.00 e. The molecule has 0 aliphatic carbocycles. The van der Waals surface area contributed by atoms with Crippen LogP contribution < -0.4 is 21.5 Å². The summed E-state index contributed by atoms with van der Waals surface area (Å²) < 4.78 is 2.18. The number of nitrogens with zero attached hydrogens (tertiary/aromatic N) is 1. The van der Waals surface area contributed by atoms with Gasteiger partial charge in [-0.15, -0.1) is 0 Å². The summed E-state index contributed by atoms with van der Waals surface area (Å²) in [7, 11) is 0. The molecular weight excluding hydrogens is 226 g/mol. The summed E-state index contributed by atoms with van der Waals surface area (Å²) in [5.41, 5.74) is 2.84. The first-order valence-corrected chi connectivity index (χ1v) is 4.27. The third kappa shape index (κ3) is 4.23. The Morgan fingerprint density at radius 2 is 1.54 bits per heavy atom. The Bertz CT molecular complexity index is 273. The average molecular weight is 242 g/mol. The van der Waals surface area contributed by atoms with Crippen LogP contribution in [0.25, 0.3) is 0 Å². The minimum atomic E-state index is 0. The molecule has 0 amide bonds. The van der Waals surface area contributed by atoms with E-state index in [0.717, 1.165) is 6.54 Å². The third-order valence-electron chi connectivity index (χ3n) is 2.05. The molecule has 0 spiro atoms. The first-order valence-electron chi connectivity index (χ1n) is 4.27. The maximum Gasteiger partial charge on any atom is 0.169 e. The van der Waals surface area contributed by atoms with Crippen LogP contribution in [-0.2, 0) is 6.54 Å². The Morgan fingerprint density at radius 3 is 2.00 bits per heavy atom. The fourth-order valence-electron chi connectivity index (χ4n) is 0.972. The van der Waals surface area contributed by atoms with E-state index in [1.54, 1.807) is 0 Å². The molecule has 0 radical (unpaired) electrons. The Balaban J connectivity index is 0.00000144. The molecule has 1 rings (SSSR count). The van der Waals surface area contributed by atoms with Gasteiger partial charge in [0.2, 0.25) is 0 Å². The van der Waals surface area contributed by atoms with Crippen molar-refractivity contribution in [2.45, 2.75) is 27.3 Å². The summed E-state index contributed by atoms with van der Waals surface area (Å²) in [6.07, 6.45) is 4.18. The van der Waals surface area contributed by atoms with Gasteiger partial charge >= 0.3 is 0 Å². The highest BCUT2D eigenvalue weighted by molar-refractivity contribution is 5.04. The van der Waals surface area contributed by atoms with E-state index in [2.05, 4.69) is 49.9 Å². The van der Waals surface area contributed by atoms with Crippen molar-refractivity contribution in [3.63, 3.8) is 0 Å². The molecule has 1 aromatic rings. The van der Waals surface area contributed by atoms with Gasteiger partial charge in [-0.05, 0) is 26.3 Å². The van der Waals surface area contributed by atoms with Gasteiger partial charge in [-0.25, -0.2) is 4.57 Å². The Morgan fingerprint density at radius 1 is 1.00 bits per heavy atom. The van der Waals surface area contributed by atoms with Crippen molar-refractivity contribution >= 4 is 0 Å². The van der Waals surface area contributed by atoms with E-state index in [4.69, 9.17) is 0 Å². The van der Waals surface area contributed by atoms with Gasteiger partial charge in [-0.1, -0.05) is 11.6 Å². The molecule has 0 bridgehead atoms. The second-order valence-corrected chi connectivity index (χ2v) is 3.33. The van der Waals surface area contributed by atoms with E-state index < -0.39 is 0 Å². The molecule has 0 unspecified atom stereocenters. The lowest BCUT2D eigenvalue weighted by molar-refractivity contribution is -0.689. The summed E-state index contributed by atoms with van der Waals surface area (Å²) in [5, 5.41) is 0. The highest BCUT2D eigenvalue weighted by atomic mass is 79.9. The minimum Gasteiger partial charge on any atom is -1.00 e. The first kappa shape index (κ1) is 12.4. The van der Waals surface area contributed by atoms with Gasteiger partial charge in [0.15, 0.2) is 18.9 Å². The smallest absolute Gasteiger partial charge is 0.169 e. The molecular formula is C11H16BrN. The fraction of sp³-hybridized carbons (Fsp3) is 0.364. The zero-order chi connectivity index (χ0) is 8.97. The molecule has 1 aromatic heterocycles. The van der Waals surface area contributed by atoms with Gasteiger partial charge in [0.25, 0.3) is 0 Å². The van der Waals surface area contributed by atoms with Crippen molar-refractivity contribution in [2.24, 2.45) is 0 Å². The van der Waals surface area contributed by atoms with Crippen molar-refractivity contribution in [3.8, 4) is 0 Å². The molecule has 1 heterocycles. The van der Waals surface area contributed by atoms with Crippen LogP contribution in [0, 0.1) is 0 Å². The van der Waals surface area contributed by atoms with Gasteiger partial charge in [-0.2, -0.15) is 0 Å². The van der Waals surface area contributed by atoms with Crippen LogP contribution in [0.1, 0.15) is 20.8 Å². The van der Waals surface area contributed by atoms with Gasteiger partial charge in [-0.3, -0.25) is 0 Å². The molecule has 2 heteroatoms. The lowest BCUT2D eigenvalue weighted by Gasteiger charge is -1.98. The van der Waals surface area contributed by atoms with Crippen molar-refractivity contribution in [2.75, 3.05) is 0 Å². The van der Waals surface area contributed by atoms with Crippen molar-refractivity contribution in [3.05, 3.63) is 41.7 Å². The number of allylic oxidation sites excluding steroid dienone is 2. The lowest BCUT2D eigenvalue weighted by Crippen LogP contribution is -3.00. The second kappa shape index (κ2) is 5.92. The monoisotopic (exact) mass is 241 g/mol. The number of halogens is 1. The van der Waals surface area contributed by atoms with Crippen LogP contribution >= 0.6 is 0 Å². The predicted octanol–water partition coefficient (Wildman–Crippen LogP) is -0.666. The molecule has 0 aromatic carbocycles. The summed E-state index contributed by atoms with van der Waals surface area (Å²) in [6, 6.07) is 6.14. The molecule has 13 heavy (non-hydrogen) atoms. The molecule has 0 fully saturated rings. The zero-order valence-corrected chi connectivity index (χ0v) is 10.0. The average Bonchev–Trinajstić information content (AvgIpc) is 2.06. The molecule has 1 nitrogen and oxygen atoms in total. The van der Waals surface area contributed by atoms with Crippen LogP contribution in [0.4, 0.5) is 0 Å². The molecule has 0 atom stereocenters. The molecule has 0 aliphatic rings. The Kier molecular flexibility index (Phi) is 5.63. The third-order valence-corrected chi connectivity index (χ3v) is 2.05. The van der Waals surface area contributed by atoms with E-state index >= 15 is 0 Å². The lowest BCUT2D eigenvalue weighted by atomic mass is 10.2. The standard InChI is InChI=1S/C11H16N.BrH/c1-10(2)11(3)9-12-7-5-4-6-8-12;/h4-8H,9H2,1-3H3;1H/q+1;/p-1. The van der Waals surface area contributed by atoms with Gasteiger partial charge in [0, 0.05) is 12.1 Å². The highest BCUT2D eigenvalue weighted by Crippen LogP contribution is 2.00. The molecule has 72 valence electrons. The fourth-order valence-corrected chi connectivity index (χ4v) is 0.972. The molecule has 0 N–H and O–H groups in total. The molecule has 0 aliphatic heterocycles. The number of hydrogen-bond donors (Lipinski definition) is 0. The summed E-state index contributed by atoms with van der Waals surface area (Å²) in [4.78, 5) is 0. The maximum atomic E-state index is 2.18. The quantitative estimate of drug-likeness (QED) is 0.478. The number of pyridine rings is 1. The number of hydrogen-bond acceptors (Lipinski definition) is 0. The van der Waals surface area contributed by atoms with Crippen molar-refractivity contribution in [1.82, 2.24) is 0 Å². The van der Waals surface area contributed by atoms with Gasteiger partial charge in [0.05, 0.1) is 0 Å². The Hall–Kier alpha value is -0.630. The van der Waals surface area contributed by atoms with Crippen LogP contribution in [0.5, 0.6) is 0 Å². The second-order valence-electron chi connectivity index (χ2n) is 3.33. The summed E-state index contributed by atoms with van der Waals surface area (Å²) in [6.45, 7) is 7.48. The van der Waals surface area contributed by atoms with E-state index in [-0.39, 0.29) is 17.0 Å². The Labute approximate surface area is 90.9 Å². The normalized spacial score (nSPS) is 8.85. The van der Waals surface area contributed by atoms with Gasteiger partial charge < -0.3 is 17.0 Å². The van der Waals surface area contributed by atoms with E-state index in [1.165, 1.54) is 11.1 Å². The molecule has 0 saturated heterocycles. The summed E-state index contributed by atoms with van der Waals surface area (Å²) in [5.74, 6) is 0. The minimum absolute atomic E-state index is 0. The van der Waals surface area contributed by atoms with E-state index in [0.29, 0.717) is 0 Å². The highest BCUT2D eigenvalue weighted by Gasteiger charge is 1.99. The van der Waals surface area contributed by atoms with E-state index in [9.17, 15) is 0 Å². The topological polar surface area (TPSA) is 3.88 Å². The van der Waals surface area contributed by atoms with Crippen LogP contribution in [0.2, 0.25) is 0 Å². The SMILES string of the molecule is CC(C)=C(C)C[n+]1ccccc1.[Br-]. The maximum absolute atomic E-state index is 2.18. The van der Waals surface area contributed by atoms with Crippen LogP contribution in [-0.4, -0.2) is 0 Å². The van der Waals surface area contributed by atoms with Gasteiger partial charge in [0.1, 0.15) is 0 Å². The summed E-state index contributed by atoms with van der Waals surface area (Å²) >= 11 is 0. The van der Waals surface area contributed by atoms with E-state index in [1.807, 2.05) is 6.07 Å². The van der Waals surface area contributed by atoms with Crippen LogP contribution in [0.15, 0.2) is 41.7 Å². The first-order chi connectivity index (χ1) is 5.70. The number of rotatable bonds is 2. The number of aromatic nitrogens is 1. The zero-order valence-electron chi connectivity index (χ0n) is 8.42. The van der Waals surface area contributed by atoms with Crippen molar-refractivity contribution in [1.29, 1.82) is 0 Å². The van der Waals surface area contributed by atoms with Crippen molar-refractivity contribution < 1.29 is 21.5 Å². The predicted molar refractivity (Wildman–Crippen MR) is 50.7 cm³/mol. The van der Waals surface area contributed by atoms with Crippen LogP contribution in [0.3, 0.4) is 0 Å².